The lowest BCUT2D eigenvalue weighted by Gasteiger charge is -2.16. The number of benzene rings is 1. The maximum atomic E-state index is 13.1. The number of rotatable bonds is 5. The normalized spacial score (nSPS) is 12.3. The highest BCUT2D eigenvalue weighted by Crippen LogP contribution is 2.25. The van der Waals surface area contributed by atoms with Crippen LogP contribution in [-0.4, -0.2) is 25.4 Å². The molecule has 0 aliphatic heterocycles. The molecule has 7 heteroatoms. The van der Waals surface area contributed by atoms with E-state index in [0.717, 1.165) is 12.1 Å². The van der Waals surface area contributed by atoms with Crippen LogP contribution in [0.3, 0.4) is 0 Å². The van der Waals surface area contributed by atoms with Gasteiger partial charge in [-0.2, -0.15) is 0 Å². The average Bonchev–Trinajstić information content (AvgIpc) is 2.58. The summed E-state index contributed by atoms with van der Waals surface area (Å²) in [5.74, 6) is 1.07. The molecule has 2 rings (SSSR count). The van der Waals surface area contributed by atoms with E-state index < -0.39 is 38.6 Å². The van der Waals surface area contributed by atoms with E-state index in [1.165, 1.54) is 18.3 Å². The number of anilines is 1. The third-order valence-electron chi connectivity index (χ3n) is 3.60. The molecule has 1 aromatic heterocycles. The van der Waals surface area contributed by atoms with Crippen molar-refractivity contribution < 1.29 is 18.0 Å². The van der Waals surface area contributed by atoms with Crippen LogP contribution in [0.25, 0.3) is 0 Å². The van der Waals surface area contributed by atoms with Crippen molar-refractivity contribution >= 4 is 19.8 Å². The first-order chi connectivity index (χ1) is 12.6. The lowest BCUT2D eigenvalue weighted by Crippen LogP contribution is -2.23. The molecule has 0 spiro atoms. The number of carbonyl (C=O) groups is 1. The molecule has 0 saturated carbocycles. The Kier molecular flexibility index (Phi) is 6.80. The van der Waals surface area contributed by atoms with Gasteiger partial charge < -0.3 is 5.32 Å². The van der Waals surface area contributed by atoms with Crippen LogP contribution in [0.4, 0.5) is 19.0 Å². The summed E-state index contributed by atoms with van der Waals surface area (Å²) in [6, 6.07) is 8.29. The quantitative estimate of drug-likeness (QED) is 0.587. The van der Waals surface area contributed by atoms with Crippen molar-refractivity contribution in [1.29, 1.82) is 0 Å². The highest BCUT2D eigenvalue weighted by atomic mass is 28.3. The fraction of sp³-hybridized carbons (Fsp3) is 0.300. The zero-order valence-corrected chi connectivity index (χ0v) is 16.4. The summed E-state index contributed by atoms with van der Waals surface area (Å²) in [7, 11) is -1.56. The van der Waals surface area contributed by atoms with Gasteiger partial charge in [-0.25, -0.2) is 18.2 Å². The summed E-state index contributed by atoms with van der Waals surface area (Å²) in [5.41, 5.74) is 4.23. The van der Waals surface area contributed by atoms with E-state index in [4.69, 9.17) is 0 Å². The van der Waals surface area contributed by atoms with E-state index in [-0.39, 0.29) is 5.82 Å². The third-order valence-corrected chi connectivity index (χ3v) is 4.47. The van der Waals surface area contributed by atoms with E-state index in [0.29, 0.717) is 11.1 Å². The number of carbonyl (C=O) groups excluding carboxylic acids is 1. The van der Waals surface area contributed by atoms with Crippen LogP contribution in [0.1, 0.15) is 23.5 Å². The Bertz CT molecular complexity index is 852. The van der Waals surface area contributed by atoms with Gasteiger partial charge in [0.15, 0.2) is 0 Å². The molecule has 1 unspecified atom stereocenters. The van der Waals surface area contributed by atoms with Crippen molar-refractivity contribution in [2.45, 2.75) is 38.4 Å². The van der Waals surface area contributed by atoms with Gasteiger partial charge in [0.2, 0.25) is 12.3 Å². The zero-order valence-electron chi connectivity index (χ0n) is 15.4. The van der Waals surface area contributed by atoms with E-state index >= 15 is 0 Å². The summed E-state index contributed by atoms with van der Waals surface area (Å²) in [5, 5.41) is 2.56. The first-order valence-corrected chi connectivity index (χ1v) is 12.0. The van der Waals surface area contributed by atoms with Crippen molar-refractivity contribution in [2.24, 2.45) is 0 Å². The first kappa shape index (κ1) is 20.7. The van der Waals surface area contributed by atoms with Crippen LogP contribution in [0.5, 0.6) is 0 Å². The number of hydrogen-bond donors (Lipinski definition) is 1. The molecule has 27 heavy (non-hydrogen) atoms. The predicted molar refractivity (Wildman–Crippen MR) is 103 cm³/mol. The second-order valence-electron chi connectivity index (χ2n) is 7.15. The highest BCUT2D eigenvalue weighted by Gasteiger charge is 2.25. The first-order valence-electron chi connectivity index (χ1n) is 8.48. The summed E-state index contributed by atoms with van der Waals surface area (Å²) < 4.78 is 39.0. The average molecular weight is 390 g/mol. The van der Waals surface area contributed by atoms with Crippen LogP contribution in [0, 0.1) is 17.3 Å². The molecule has 1 heterocycles. The van der Waals surface area contributed by atoms with Gasteiger partial charge >= 0.3 is 0 Å². The molecule has 0 fully saturated rings. The number of pyridine rings is 1. The number of alkyl halides is 2. The monoisotopic (exact) mass is 390 g/mol. The Labute approximate surface area is 158 Å². The molecule has 1 amide bonds. The minimum Gasteiger partial charge on any atom is -0.310 e. The minimum absolute atomic E-state index is 0.240. The van der Waals surface area contributed by atoms with Crippen molar-refractivity contribution in [1.82, 2.24) is 4.98 Å². The molecule has 142 valence electrons. The van der Waals surface area contributed by atoms with Crippen LogP contribution >= 0.6 is 0 Å². The fourth-order valence-electron chi connectivity index (χ4n) is 2.32. The number of nitrogens with zero attached hydrogens (tertiary/aromatic N) is 1. The second kappa shape index (κ2) is 8.87. The van der Waals surface area contributed by atoms with Crippen molar-refractivity contribution in [3.05, 3.63) is 59.5 Å². The molecule has 0 radical (unpaired) electrons. The van der Waals surface area contributed by atoms with E-state index in [9.17, 15) is 18.0 Å². The third kappa shape index (κ3) is 6.91. The molecule has 0 aliphatic rings. The van der Waals surface area contributed by atoms with Gasteiger partial charge in [-0.05, 0) is 29.8 Å². The Hall–Kier alpha value is -2.59. The molecule has 0 bridgehead atoms. The molecule has 2 aromatic rings. The largest absolute Gasteiger partial charge is 0.310 e. The molecule has 1 aromatic carbocycles. The number of hydrogen-bond acceptors (Lipinski definition) is 2. The van der Waals surface area contributed by atoms with Gasteiger partial charge in [-0.15, -0.1) is 5.54 Å². The summed E-state index contributed by atoms with van der Waals surface area (Å²) >= 11 is 0. The maximum Gasteiger partial charge on any atom is 0.239 e. The smallest absolute Gasteiger partial charge is 0.239 e. The number of aromatic nitrogens is 1. The van der Waals surface area contributed by atoms with Gasteiger partial charge in [0.1, 0.15) is 19.7 Å². The van der Waals surface area contributed by atoms with Crippen molar-refractivity contribution in [3.63, 3.8) is 0 Å². The summed E-state index contributed by atoms with van der Waals surface area (Å²) in [6.07, 6.45) is -1.83. The van der Waals surface area contributed by atoms with Crippen LogP contribution in [0.15, 0.2) is 42.6 Å². The Morgan fingerprint density at radius 3 is 2.44 bits per heavy atom. The standard InChI is InChI=1S/C20H21F3N2OSi/c1-27(2,3)11-9-14-8-10-24-19(12-14)25-20(26)17(13-18(22)23)15-4-6-16(21)7-5-15/h4-8,10,12,17-18H,13H2,1-3H3,(H,24,25,26). The molecular formula is C20H21F3N2OSi. The highest BCUT2D eigenvalue weighted by molar-refractivity contribution is 6.83. The SMILES string of the molecule is C[Si](C)(C)C#Cc1ccnc(NC(=O)C(CC(F)F)c2ccc(F)cc2)c1. The molecule has 3 nitrogen and oxygen atoms in total. The Morgan fingerprint density at radius 2 is 1.85 bits per heavy atom. The fourth-order valence-corrected chi connectivity index (χ4v) is 2.84. The Morgan fingerprint density at radius 1 is 1.19 bits per heavy atom. The lowest BCUT2D eigenvalue weighted by molar-refractivity contribution is -0.118. The number of amides is 1. The van der Waals surface area contributed by atoms with Gasteiger partial charge in [0, 0.05) is 18.2 Å². The van der Waals surface area contributed by atoms with Crippen LogP contribution in [-0.2, 0) is 4.79 Å². The number of halogens is 3. The minimum atomic E-state index is -2.67. The van der Waals surface area contributed by atoms with E-state index in [2.05, 4.69) is 41.4 Å². The second-order valence-corrected chi connectivity index (χ2v) is 11.9. The molecule has 0 aliphatic carbocycles. The van der Waals surface area contributed by atoms with Gasteiger partial charge in [-0.1, -0.05) is 37.7 Å². The van der Waals surface area contributed by atoms with E-state index in [1.807, 2.05) is 0 Å². The predicted octanol–water partition coefficient (Wildman–Crippen LogP) is 4.83. The molecule has 0 saturated heterocycles. The lowest BCUT2D eigenvalue weighted by atomic mass is 9.95. The molecular weight excluding hydrogens is 369 g/mol. The van der Waals surface area contributed by atoms with E-state index in [1.54, 1.807) is 12.1 Å². The van der Waals surface area contributed by atoms with Crippen LogP contribution in [0.2, 0.25) is 19.6 Å². The van der Waals surface area contributed by atoms with Crippen molar-refractivity contribution in [3.8, 4) is 11.5 Å². The van der Waals surface area contributed by atoms with Crippen LogP contribution < -0.4 is 5.32 Å². The maximum absolute atomic E-state index is 13.1. The topological polar surface area (TPSA) is 42.0 Å². The summed E-state index contributed by atoms with van der Waals surface area (Å²) in [6.45, 7) is 6.34. The summed E-state index contributed by atoms with van der Waals surface area (Å²) in [4.78, 5) is 16.6. The van der Waals surface area contributed by atoms with Gasteiger partial charge in [-0.3, -0.25) is 4.79 Å². The zero-order chi connectivity index (χ0) is 20.0. The molecule has 1 atom stereocenters. The van der Waals surface area contributed by atoms with Gasteiger partial charge in [0.05, 0.1) is 5.92 Å². The van der Waals surface area contributed by atoms with Crippen molar-refractivity contribution in [2.75, 3.05) is 5.32 Å². The number of nitrogens with one attached hydrogen (secondary N) is 1. The molecule has 1 N–H and O–H groups in total. The Balaban J connectivity index is 2.21. The van der Waals surface area contributed by atoms with Gasteiger partial charge in [0.25, 0.3) is 0 Å².